The van der Waals surface area contributed by atoms with Gasteiger partial charge < -0.3 is 20.1 Å². The third-order valence-corrected chi connectivity index (χ3v) is 21.1. The highest BCUT2D eigenvalue weighted by Crippen LogP contribution is 2.56. The van der Waals surface area contributed by atoms with Crippen molar-refractivity contribution in [1.29, 1.82) is 0 Å². The van der Waals surface area contributed by atoms with E-state index in [1.165, 1.54) is 77.1 Å². The van der Waals surface area contributed by atoms with Crippen molar-refractivity contribution in [2.24, 2.45) is 0 Å². The topological polar surface area (TPSA) is 76.7 Å². The molecule has 0 spiro atoms. The van der Waals surface area contributed by atoms with Crippen LogP contribution in [0, 0.1) is 62.3 Å². The third-order valence-electron chi connectivity index (χ3n) is 14.6. The summed E-state index contributed by atoms with van der Waals surface area (Å²) in [7, 11) is -3.95. The molecule has 72 heavy (non-hydrogen) atoms. The number of rotatable bonds is 21. The lowest BCUT2D eigenvalue weighted by Crippen LogP contribution is -2.38. The summed E-state index contributed by atoms with van der Waals surface area (Å²) < 4.78 is 38.7. The van der Waals surface area contributed by atoms with Gasteiger partial charge in [-0.25, -0.2) is 8.42 Å². The van der Waals surface area contributed by atoms with Gasteiger partial charge in [0.2, 0.25) is 9.84 Å². The van der Waals surface area contributed by atoms with Crippen LogP contribution in [0.15, 0.2) is 137 Å². The number of methoxy groups -OCH3 is 1. The third kappa shape index (κ3) is 12.1. The second-order valence-electron chi connectivity index (χ2n) is 20.9. The molecule has 0 atom stereocenters. The van der Waals surface area contributed by atoms with E-state index in [9.17, 15) is 8.42 Å². The molecule has 0 radical (unpaired) electrons. The summed E-state index contributed by atoms with van der Waals surface area (Å²) in [6, 6.07) is 42.7. The minimum absolute atomic E-state index is 0.232. The smallest absolute Gasteiger partial charge is 0.206 e. The van der Waals surface area contributed by atoms with Gasteiger partial charge in [-0.3, -0.25) is 0 Å². The molecule has 7 aromatic rings. The minimum atomic E-state index is -3.65. The summed E-state index contributed by atoms with van der Waals surface area (Å²) in [6.45, 7) is 30.8. The summed E-state index contributed by atoms with van der Waals surface area (Å²) in [5.74, 6) is 2.14. The number of ether oxygens (including phenoxy) is 2. The zero-order valence-corrected chi connectivity index (χ0v) is 47.0. The summed E-state index contributed by atoms with van der Waals surface area (Å²) in [5, 5.41) is 12.1. The Morgan fingerprint density at radius 1 is 0.486 bits per heavy atom. The van der Waals surface area contributed by atoms with E-state index in [0.29, 0.717) is 12.3 Å². The van der Waals surface area contributed by atoms with E-state index in [0.717, 1.165) is 67.9 Å². The first-order valence-corrected chi connectivity index (χ1v) is 29.4. The van der Waals surface area contributed by atoms with Crippen LogP contribution in [0.3, 0.4) is 0 Å². The summed E-state index contributed by atoms with van der Waals surface area (Å²) >= 11 is 0. The van der Waals surface area contributed by atoms with Gasteiger partial charge in [-0.05, 0) is 199 Å². The highest BCUT2D eigenvalue weighted by Gasteiger charge is 2.47. The molecule has 0 fully saturated rings. The van der Waals surface area contributed by atoms with Crippen LogP contribution in [-0.2, 0) is 28.3 Å². The van der Waals surface area contributed by atoms with Crippen molar-refractivity contribution in [3.05, 3.63) is 200 Å². The van der Waals surface area contributed by atoms with E-state index in [1.807, 2.05) is 37.3 Å². The number of sulfone groups is 1. The Balaban J connectivity index is 0.961. The molecule has 2 N–H and O–H groups in total. The molecular weight excluding hydrogens is 924 g/mol. The van der Waals surface area contributed by atoms with Crippen LogP contribution in [0.5, 0.6) is 17.2 Å². The molecule has 0 heterocycles. The quantitative estimate of drug-likeness (QED) is 0.0552. The van der Waals surface area contributed by atoms with E-state index >= 15 is 0 Å². The van der Waals surface area contributed by atoms with Crippen LogP contribution < -0.4 is 36.0 Å². The van der Waals surface area contributed by atoms with Crippen molar-refractivity contribution >= 4 is 33.0 Å². The fraction of sp³-hybridized carbons (Fsp3) is 0.344. The highest BCUT2D eigenvalue weighted by molar-refractivity contribution is 7.95. The molecule has 0 aromatic heterocycles. The number of unbranched alkanes of at least 4 members (excludes halogenated alkanes) is 3. The van der Waals surface area contributed by atoms with Crippen molar-refractivity contribution in [2.75, 3.05) is 26.9 Å². The van der Waals surface area contributed by atoms with Gasteiger partial charge >= 0.3 is 0 Å². The molecule has 0 aliphatic rings. The van der Waals surface area contributed by atoms with E-state index in [2.05, 4.69) is 147 Å². The van der Waals surface area contributed by atoms with Crippen LogP contribution in [0.1, 0.15) is 112 Å². The average Bonchev–Trinajstić information content (AvgIpc) is 3.32. The van der Waals surface area contributed by atoms with Gasteiger partial charge in [0.25, 0.3) is 0 Å². The molecule has 0 aliphatic heterocycles. The molecule has 0 saturated heterocycles. The first-order valence-electron chi connectivity index (χ1n) is 25.7. The van der Waals surface area contributed by atoms with Gasteiger partial charge in [-0.2, -0.15) is 0 Å². The zero-order chi connectivity index (χ0) is 52.0. The Kier molecular flexibility index (Phi) is 17.4. The molecule has 0 amide bonds. The normalized spacial score (nSPS) is 12.1. The first kappa shape index (κ1) is 54.2. The largest absolute Gasteiger partial charge is 0.497 e. The maximum atomic E-state index is 13.4. The standard InChI is InChI=1S/C64H78N2O4PS/c1-43-18-27-58(28-19-43)72(67,68)59-29-25-57(26-30-59)70-60-31-22-55(64(10,11)54-20-23-56(69-12)24-21-54)40-53(60)42-66-33-17-15-14-16-32-65-41-52-38-50(8)63(51(9)39-52)71(13,61-46(4)34-44(2)35-47(61)5)62-48(6)36-45(3)37-49(62)7/h18-31,34-40,65-66H,14-17,32-33,41-42H2,1-13H3/q+1. The highest BCUT2D eigenvalue weighted by atomic mass is 32.2. The fourth-order valence-corrected chi connectivity index (χ4v) is 17.9. The number of hydrogen-bond acceptors (Lipinski definition) is 6. The summed E-state index contributed by atoms with van der Waals surface area (Å²) in [6.07, 6.45) is 4.51. The Morgan fingerprint density at radius 2 is 0.917 bits per heavy atom. The lowest BCUT2D eigenvalue weighted by Gasteiger charge is -2.32. The first-order chi connectivity index (χ1) is 34.2. The average molecular weight is 1000 g/mol. The van der Waals surface area contributed by atoms with Gasteiger partial charge in [-0.15, -0.1) is 0 Å². The maximum absolute atomic E-state index is 13.4. The van der Waals surface area contributed by atoms with Crippen LogP contribution in [0.25, 0.3) is 0 Å². The monoisotopic (exact) mass is 1000 g/mol. The van der Waals surface area contributed by atoms with E-state index in [1.54, 1.807) is 43.5 Å². The second-order valence-corrected chi connectivity index (χ2v) is 26.2. The molecule has 0 aliphatic carbocycles. The molecule has 7 aromatic carbocycles. The van der Waals surface area contributed by atoms with Crippen LogP contribution in [0.4, 0.5) is 0 Å². The molecule has 7 rings (SSSR count). The van der Waals surface area contributed by atoms with E-state index in [4.69, 9.17) is 9.47 Å². The SMILES string of the molecule is COc1ccc(C(C)(C)c2ccc(Oc3ccc(S(=O)(=O)c4ccc(C)cc4)cc3)c(CNCCCCCCNCc3cc(C)c([P+](C)(c4c(C)cc(C)cc4C)c4c(C)cc(C)cc4C)c(C)c3)c2)cc1. The molecule has 378 valence electrons. The van der Waals surface area contributed by atoms with Gasteiger partial charge in [-0.1, -0.05) is 110 Å². The van der Waals surface area contributed by atoms with Crippen LogP contribution in [-0.4, -0.2) is 35.3 Å². The van der Waals surface area contributed by atoms with Crippen molar-refractivity contribution < 1.29 is 17.9 Å². The molecule has 0 saturated carbocycles. The predicted molar refractivity (Wildman–Crippen MR) is 306 cm³/mol. The minimum Gasteiger partial charge on any atom is -0.497 e. The molecule has 0 unspecified atom stereocenters. The predicted octanol–water partition coefficient (Wildman–Crippen LogP) is 13.8. The van der Waals surface area contributed by atoms with Gasteiger partial charge in [0.15, 0.2) is 0 Å². The van der Waals surface area contributed by atoms with Crippen LogP contribution >= 0.6 is 7.26 Å². The maximum Gasteiger partial charge on any atom is 0.206 e. The van der Waals surface area contributed by atoms with E-state index in [-0.39, 0.29) is 15.2 Å². The van der Waals surface area contributed by atoms with Gasteiger partial charge in [0.05, 0.1) is 23.6 Å². The lowest BCUT2D eigenvalue weighted by atomic mass is 9.77. The number of nitrogens with one attached hydrogen (secondary N) is 2. The number of aryl methyl sites for hydroxylation is 9. The van der Waals surface area contributed by atoms with Gasteiger partial charge in [0, 0.05) is 24.1 Å². The summed E-state index contributed by atoms with van der Waals surface area (Å²) in [4.78, 5) is 0.507. The van der Waals surface area contributed by atoms with Gasteiger partial charge in [0.1, 0.15) is 40.4 Å². The Labute approximate surface area is 433 Å². The van der Waals surface area contributed by atoms with Crippen molar-refractivity contribution in [3.8, 4) is 17.2 Å². The lowest BCUT2D eigenvalue weighted by molar-refractivity contribution is 0.414. The second kappa shape index (κ2) is 23.1. The molecule has 8 heteroatoms. The number of benzene rings is 7. The molecule has 6 nitrogen and oxygen atoms in total. The Hall–Kier alpha value is -5.56. The van der Waals surface area contributed by atoms with Crippen molar-refractivity contribution in [1.82, 2.24) is 10.6 Å². The van der Waals surface area contributed by atoms with Crippen molar-refractivity contribution in [3.63, 3.8) is 0 Å². The fourth-order valence-electron chi connectivity index (χ4n) is 11.3. The van der Waals surface area contributed by atoms with Crippen LogP contribution in [0.2, 0.25) is 0 Å². The number of hydrogen-bond donors (Lipinski definition) is 2. The zero-order valence-electron chi connectivity index (χ0n) is 45.3. The Morgan fingerprint density at radius 3 is 1.40 bits per heavy atom. The van der Waals surface area contributed by atoms with E-state index < -0.39 is 17.1 Å². The molecule has 0 bridgehead atoms. The summed E-state index contributed by atoms with van der Waals surface area (Å²) in [5.41, 5.74) is 16.5. The Bertz CT molecular complexity index is 3000. The molecular formula is C64H78N2O4PS+. The van der Waals surface area contributed by atoms with Crippen molar-refractivity contribution in [2.45, 2.75) is 130 Å².